The van der Waals surface area contributed by atoms with Crippen molar-refractivity contribution >= 4 is 0 Å². The molecule has 104 valence electrons. The molecule has 0 aliphatic heterocycles. The fourth-order valence-corrected chi connectivity index (χ4v) is 2.29. The molecular weight excluding hydrogens is 258 g/mol. The molecule has 0 aliphatic carbocycles. The van der Waals surface area contributed by atoms with Crippen molar-refractivity contribution in [3.8, 4) is 0 Å². The van der Waals surface area contributed by atoms with Crippen molar-refractivity contribution in [1.29, 1.82) is 0 Å². The van der Waals surface area contributed by atoms with E-state index in [1.54, 1.807) is 18.6 Å². The zero-order valence-electron chi connectivity index (χ0n) is 11.0. The van der Waals surface area contributed by atoms with Gasteiger partial charge in [0, 0.05) is 18.3 Å². The minimum atomic E-state index is 0.200. The largest absolute Gasteiger partial charge is 0.198 e. The molecule has 9 nitrogen and oxygen atoms in total. The minimum Gasteiger partial charge on any atom is -0.198 e. The first-order valence-corrected chi connectivity index (χ1v) is 6.39. The number of nitrogens with one attached hydrogen (secondary N) is 3. The summed E-state index contributed by atoms with van der Waals surface area (Å²) >= 11 is 0. The third-order valence-electron chi connectivity index (χ3n) is 3.35. The number of rotatable bonds is 6. The molecule has 0 saturated heterocycles. The lowest BCUT2D eigenvalue weighted by atomic mass is 9.88. The van der Waals surface area contributed by atoms with Crippen LogP contribution in [0.25, 0.3) is 0 Å². The SMILES string of the molecule is CC(CC(Cc1cn[nH]n1)c1cn[nH]n1)c1cn[nH]n1. The molecule has 0 aromatic carbocycles. The van der Waals surface area contributed by atoms with Gasteiger partial charge in [-0.05, 0) is 6.42 Å². The molecule has 0 aliphatic rings. The highest BCUT2D eigenvalue weighted by molar-refractivity contribution is 5.10. The van der Waals surface area contributed by atoms with E-state index >= 15 is 0 Å². The van der Waals surface area contributed by atoms with E-state index in [4.69, 9.17) is 0 Å². The summed E-state index contributed by atoms with van der Waals surface area (Å²) in [5, 5.41) is 31.9. The van der Waals surface area contributed by atoms with Gasteiger partial charge in [-0.2, -0.15) is 46.2 Å². The van der Waals surface area contributed by atoms with Crippen molar-refractivity contribution < 1.29 is 0 Å². The van der Waals surface area contributed by atoms with E-state index < -0.39 is 0 Å². The number of hydrogen-bond acceptors (Lipinski definition) is 6. The van der Waals surface area contributed by atoms with Crippen LogP contribution in [0.1, 0.15) is 42.3 Å². The second-order valence-corrected chi connectivity index (χ2v) is 4.79. The van der Waals surface area contributed by atoms with Crippen LogP contribution in [0.4, 0.5) is 0 Å². The predicted octanol–water partition coefficient (Wildman–Crippen LogP) is 0.561. The van der Waals surface area contributed by atoms with Gasteiger partial charge in [0.25, 0.3) is 0 Å². The molecule has 3 heterocycles. The maximum atomic E-state index is 4.19. The van der Waals surface area contributed by atoms with Crippen LogP contribution in [0.2, 0.25) is 0 Å². The van der Waals surface area contributed by atoms with E-state index in [0.717, 1.165) is 29.9 Å². The summed E-state index contributed by atoms with van der Waals surface area (Å²) in [4.78, 5) is 0. The molecule has 3 aromatic heterocycles. The van der Waals surface area contributed by atoms with Crippen molar-refractivity contribution in [2.45, 2.75) is 31.6 Å². The third kappa shape index (κ3) is 2.71. The summed E-state index contributed by atoms with van der Waals surface area (Å²) < 4.78 is 0. The Balaban J connectivity index is 1.75. The highest BCUT2D eigenvalue weighted by atomic mass is 15.3. The Hall–Kier alpha value is -2.58. The maximum absolute atomic E-state index is 4.19. The lowest BCUT2D eigenvalue weighted by molar-refractivity contribution is 0.530. The van der Waals surface area contributed by atoms with Gasteiger partial charge in [0.1, 0.15) is 0 Å². The van der Waals surface area contributed by atoms with Crippen molar-refractivity contribution in [3.05, 3.63) is 35.7 Å². The van der Waals surface area contributed by atoms with Crippen LogP contribution in [0, 0.1) is 0 Å². The van der Waals surface area contributed by atoms with E-state index in [-0.39, 0.29) is 11.8 Å². The fourth-order valence-electron chi connectivity index (χ4n) is 2.29. The summed E-state index contributed by atoms with van der Waals surface area (Å²) in [6.07, 6.45) is 6.87. The molecule has 0 amide bonds. The van der Waals surface area contributed by atoms with Gasteiger partial charge in [0.15, 0.2) is 0 Å². The Bertz CT molecular complexity index is 598. The summed E-state index contributed by atoms with van der Waals surface area (Å²) in [7, 11) is 0. The standard InChI is InChI=1S/C11H15N9/c1-7(10-5-13-19-16-10)2-8(11-6-14-20-17-11)3-9-4-12-18-15-9/h4-8H,2-3H2,1H3,(H,12,15,18)(H,13,16,19)(H,14,17,20). The van der Waals surface area contributed by atoms with Gasteiger partial charge in [0.05, 0.1) is 35.7 Å². The van der Waals surface area contributed by atoms with Crippen molar-refractivity contribution in [2.24, 2.45) is 0 Å². The summed E-state index contributed by atoms with van der Waals surface area (Å²) in [6.45, 7) is 2.12. The molecule has 2 atom stereocenters. The van der Waals surface area contributed by atoms with Crippen LogP contribution in [0.5, 0.6) is 0 Å². The van der Waals surface area contributed by atoms with E-state index in [0.29, 0.717) is 0 Å². The van der Waals surface area contributed by atoms with Crippen LogP contribution in [0.3, 0.4) is 0 Å². The van der Waals surface area contributed by atoms with Crippen molar-refractivity contribution in [1.82, 2.24) is 46.2 Å². The van der Waals surface area contributed by atoms with Gasteiger partial charge >= 0.3 is 0 Å². The average molecular weight is 273 g/mol. The number of H-pyrrole nitrogens is 3. The van der Waals surface area contributed by atoms with Gasteiger partial charge in [-0.25, -0.2) is 0 Å². The Morgan fingerprint density at radius 3 is 2.15 bits per heavy atom. The Labute approximate surface area is 114 Å². The summed E-state index contributed by atoms with van der Waals surface area (Å²) in [6, 6.07) is 0. The zero-order chi connectivity index (χ0) is 13.8. The third-order valence-corrected chi connectivity index (χ3v) is 3.35. The maximum Gasteiger partial charge on any atom is 0.0859 e. The topological polar surface area (TPSA) is 125 Å². The molecule has 0 saturated carbocycles. The average Bonchev–Trinajstić information content (AvgIpc) is 3.20. The van der Waals surface area contributed by atoms with E-state index in [1.807, 2.05) is 0 Å². The van der Waals surface area contributed by atoms with Crippen LogP contribution < -0.4 is 0 Å². The van der Waals surface area contributed by atoms with Gasteiger partial charge in [-0.15, -0.1) is 0 Å². The molecule has 9 heteroatoms. The molecule has 3 N–H and O–H groups in total. The highest BCUT2D eigenvalue weighted by Crippen LogP contribution is 2.29. The van der Waals surface area contributed by atoms with E-state index in [2.05, 4.69) is 53.2 Å². The molecule has 3 rings (SSSR count). The summed E-state index contributed by atoms with van der Waals surface area (Å²) in [5.74, 6) is 0.466. The number of aromatic nitrogens is 9. The second-order valence-electron chi connectivity index (χ2n) is 4.79. The Morgan fingerprint density at radius 2 is 1.55 bits per heavy atom. The molecule has 2 unspecified atom stereocenters. The minimum absolute atomic E-state index is 0.200. The highest BCUT2D eigenvalue weighted by Gasteiger charge is 2.21. The molecule has 20 heavy (non-hydrogen) atoms. The van der Waals surface area contributed by atoms with Crippen molar-refractivity contribution in [2.75, 3.05) is 0 Å². The predicted molar refractivity (Wildman–Crippen MR) is 68.6 cm³/mol. The Morgan fingerprint density at radius 1 is 0.900 bits per heavy atom. The van der Waals surface area contributed by atoms with Crippen LogP contribution in [-0.2, 0) is 6.42 Å². The number of aromatic amines is 3. The smallest absolute Gasteiger partial charge is 0.0859 e. The molecule has 0 bridgehead atoms. The van der Waals surface area contributed by atoms with Gasteiger partial charge in [-0.3, -0.25) is 0 Å². The quantitative estimate of drug-likeness (QED) is 0.602. The first kappa shape index (κ1) is 12.5. The van der Waals surface area contributed by atoms with E-state index in [1.165, 1.54) is 0 Å². The summed E-state index contributed by atoms with van der Waals surface area (Å²) in [5.41, 5.74) is 2.77. The van der Waals surface area contributed by atoms with Crippen LogP contribution >= 0.6 is 0 Å². The molecule has 3 aromatic rings. The second kappa shape index (κ2) is 5.59. The van der Waals surface area contributed by atoms with Crippen LogP contribution in [-0.4, -0.2) is 46.2 Å². The molecule has 0 fully saturated rings. The van der Waals surface area contributed by atoms with E-state index in [9.17, 15) is 0 Å². The Kier molecular flexibility index (Phi) is 3.48. The zero-order valence-corrected chi connectivity index (χ0v) is 11.0. The van der Waals surface area contributed by atoms with Gasteiger partial charge in [0.2, 0.25) is 0 Å². The van der Waals surface area contributed by atoms with Gasteiger partial charge in [-0.1, -0.05) is 6.92 Å². The normalized spacial score (nSPS) is 14.2. The fraction of sp³-hybridized carbons (Fsp3) is 0.455. The lowest BCUT2D eigenvalue weighted by Crippen LogP contribution is -2.09. The van der Waals surface area contributed by atoms with Gasteiger partial charge < -0.3 is 0 Å². The number of hydrogen-bond donors (Lipinski definition) is 3. The molecular formula is C11H15N9. The molecule has 0 spiro atoms. The first-order chi connectivity index (χ1) is 9.83. The lowest BCUT2D eigenvalue weighted by Gasteiger charge is -2.16. The van der Waals surface area contributed by atoms with Crippen molar-refractivity contribution in [3.63, 3.8) is 0 Å². The van der Waals surface area contributed by atoms with Crippen LogP contribution in [0.15, 0.2) is 18.6 Å². The number of nitrogens with zero attached hydrogens (tertiary/aromatic N) is 6. The molecule has 0 radical (unpaired) electrons. The first-order valence-electron chi connectivity index (χ1n) is 6.39. The monoisotopic (exact) mass is 273 g/mol.